The number of para-hydroxylation sites is 1. The number of hydrogen-bond acceptors (Lipinski definition) is 2. The summed E-state index contributed by atoms with van der Waals surface area (Å²) in [5, 5.41) is 2.88. The summed E-state index contributed by atoms with van der Waals surface area (Å²) >= 11 is 3.44. The molecule has 0 aliphatic heterocycles. The van der Waals surface area contributed by atoms with Gasteiger partial charge >= 0.3 is 0 Å². The van der Waals surface area contributed by atoms with Gasteiger partial charge in [-0.2, -0.15) is 0 Å². The molecule has 0 radical (unpaired) electrons. The molecule has 0 aliphatic carbocycles. The van der Waals surface area contributed by atoms with Crippen LogP contribution >= 0.6 is 15.9 Å². The number of amides is 1. The van der Waals surface area contributed by atoms with Crippen LogP contribution in [0.5, 0.6) is 5.75 Å². The zero-order valence-corrected chi connectivity index (χ0v) is 11.8. The highest BCUT2D eigenvalue weighted by Crippen LogP contribution is 2.17. The maximum Gasteiger partial charge on any atom is 0.255 e. The van der Waals surface area contributed by atoms with Crippen molar-refractivity contribution in [3.63, 3.8) is 0 Å². The van der Waals surface area contributed by atoms with Crippen LogP contribution in [0, 0.1) is 0 Å². The monoisotopic (exact) mass is 299 g/mol. The van der Waals surface area contributed by atoms with Crippen molar-refractivity contribution >= 4 is 21.8 Å². The Morgan fingerprint density at radius 3 is 2.82 bits per heavy atom. The molecule has 17 heavy (non-hydrogen) atoms. The van der Waals surface area contributed by atoms with E-state index in [1.54, 1.807) is 6.07 Å². The largest absolute Gasteiger partial charge is 0.493 e. The van der Waals surface area contributed by atoms with E-state index in [9.17, 15) is 4.79 Å². The van der Waals surface area contributed by atoms with Crippen molar-refractivity contribution in [2.75, 3.05) is 13.2 Å². The van der Waals surface area contributed by atoms with Gasteiger partial charge in [0.25, 0.3) is 5.91 Å². The van der Waals surface area contributed by atoms with Crippen molar-refractivity contribution in [1.82, 2.24) is 5.32 Å². The molecule has 3 nitrogen and oxygen atoms in total. The Balaban J connectivity index is 2.61. The van der Waals surface area contributed by atoms with Crippen LogP contribution in [0.3, 0.4) is 0 Å². The van der Waals surface area contributed by atoms with Gasteiger partial charge in [0.15, 0.2) is 0 Å². The number of alkyl halides is 1. The number of carbonyl (C=O) groups excluding carboxylic acids is 1. The van der Waals surface area contributed by atoms with Gasteiger partial charge in [0.2, 0.25) is 0 Å². The lowest BCUT2D eigenvalue weighted by Crippen LogP contribution is -2.26. The Morgan fingerprint density at radius 2 is 2.18 bits per heavy atom. The third kappa shape index (κ3) is 4.77. The van der Waals surface area contributed by atoms with Crippen LogP contribution in [-0.4, -0.2) is 23.9 Å². The summed E-state index contributed by atoms with van der Waals surface area (Å²) in [6.07, 6.45) is 0.905. The van der Waals surface area contributed by atoms with E-state index in [1.165, 1.54) is 0 Å². The van der Waals surface area contributed by atoms with Crippen molar-refractivity contribution in [2.45, 2.75) is 25.1 Å². The highest BCUT2D eigenvalue weighted by Gasteiger charge is 2.11. The second kappa shape index (κ2) is 7.33. The first-order chi connectivity index (χ1) is 8.15. The Hall–Kier alpha value is -1.03. The molecular weight excluding hydrogens is 282 g/mol. The first-order valence-corrected chi connectivity index (χ1v) is 6.70. The Bertz CT molecular complexity index is 366. The molecule has 1 atom stereocenters. The Kier molecular flexibility index (Phi) is 6.05. The summed E-state index contributed by atoms with van der Waals surface area (Å²) in [6.45, 7) is 5.18. The molecule has 0 saturated heterocycles. The average Bonchev–Trinajstić information content (AvgIpc) is 2.29. The Morgan fingerprint density at radius 1 is 1.47 bits per heavy atom. The number of ether oxygens (including phenoxy) is 1. The minimum absolute atomic E-state index is 0.0813. The van der Waals surface area contributed by atoms with Crippen LogP contribution in [0.25, 0.3) is 0 Å². The summed E-state index contributed by atoms with van der Waals surface area (Å²) in [7, 11) is 0. The molecule has 0 aromatic heterocycles. The maximum atomic E-state index is 11.9. The van der Waals surface area contributed by atoms with Gasteiger partial charge in [-0.1, -0.05) is 35.0 Å². The summed E-state index contributed by atoms with van der Waals surface area (Å²) in [6, 6.07) is 7.29. The van der Waals surface area contributed by atoms with E-state index in [4.69, 9.17) is 4.74 Å². The fourth-order valence-electron chi connectivity index (χ4n) is 1.42. The smallest absolute Gasteiger partial charge is 0.255 e. The number of rotatable bonds is 6. The zero-order chi connectivity index (χ0) is 12.7. The number of hydrogen-bond donors (Lipinski definition) is 1. The lowest BCUT2D eigenvalue weighted by molar-refractivity contribution is 0.0949. The van der Waals surface area contributed by atoms with Gasteiger partial charge in [-0.3, -0.25) is 4.79 Å². The fraction of sp³-hybridized carbons (Fsp3) is 0.462. The molecule has 1 aromatic carbocycles. The fourth-order valence-corrected chi connectivity index (χ4v) is 1.64. The minimum Gasteiger partial charge on any atom is -0.493 e. The van der Waals surface area contributed by atoms with Gasteiger partial charge in [0.05, 0.1) is 12.2 Å². The number of benzene rings is 1. The first kappa shape index (κ1) is 14.0. The highest BCUT2D eigenvalue weighted by atomic mass is 79.9. The Labute approximate surface area is 111 Å². The normalized spacial score (nSPS) is 11.9. The molecule has 1 rings (SSSR count). The van der Waals surface area contributed by atoms with Crippen LogP contribution in [0.4, 0.5) is 0 Å². The van der Waals surface area contributed by atoms with E-state index in [0.29, 0.717) is 29.3 Å². The van der Waals surface area contributed by atoms with Crippen LogP contribution in [0.2, 0.25) is 0 Å². The lowest BCUT2D eigenvalue weighted by Gasteiger charge is -2.10. The summed E-state index contributed by atoms with van der Waals surface area (Å²) in [5.41, 5.74) is 0.594. The van der Waals surface area contributed by atoms with E-state index in [0.717, 1.165) is 6.42 Å². The number of nitrogens with one attached hydrogen (secondary N) is 1. The molecule has 0 aliphatic rings. The van der Waals surface area contributed by atoms with Crippen LogP contribution in [0.1, 0.15) is 30.6 Å². The van der Waals surface area contributed by atoms with E-state index >= 15 is 0 Å². The van der Waals surface area contributed by atoms with E-state index in [1.807, 2.05) is 25.1 Å². The molecule has 0 spiro atoms. The van der Waals surface area contributed by atoms with E-state index in [2.05, 4.69) is 28.2 Å². The van der Waals surface area contributed by atoms with Gasteiger partial charge in [-0.15, -0.1) is 0 Å². The van der Waals surface area contributed by atoms with E-state index < -0.39 is 0 Å². The predicted octanol–water partition coefficient (Wildman–Crippen LogP) is 2.99. The van der Waals surface area contributed by atoms with Gasteiger partial charge < -0.3 is 10.1 Å². The predicted molar refractivity (Wildman–Crippen MR) is 73.0 cm³/mol. The number of halogens is 1. The molecule has 1 amide bonds. The molecule has 0 saturated carbocycles. The van der Waals surface area contributed by atoms with Crippen molar-refractivity contribution in [3.05, 3.63) is 29.8 Å². The van der Waals surface area contributed by atoms with Crippen molar-refractivity contribution in [3.8, 4) is 5.75 Å². The molecular formula is C13H18BrNO2. The van der Waals surface area contributed by atoms with Crippen LogP contribution in [-0.2, 0) is 0 Å². The van der Waals surface area contributed by atoms with Gasteiger partial charge in [-0.25, -0.2) is 0 Å². The van der Waals surface area contributed by atoms with Crippen LogP contribution in [0.15, 0.2) is 24.3 Å². The van der Waals surface area contributed by atoms with Crippen LogP contribution < -0.4 is 10.1 Å². The summed E-state index contributed by atoms with van der Waals surface area (Å²) in [4.78, 5) is 12.3. The molecule has 4 heteroatoms. The van der Waals surface area contributed by atoms with Gasteiger partial charge in [-0.05, 0) is 25.5 Å². The van der Waals surface area contributed by atoms with Crippen molar-refractivity contribution < 1.29 is 9.53 Å². The molecule has 0 fully saturated rings. The molecule has 0 heterocycles. The second-order valence-electron chi connectivity index (χ2n) is 3.75. The molecule has 1 aromatic rings. The zero-order valence-electron chi connectivity index (χ0n) is 10.2. The maximum absolute atomic E-state index is 11.9. The SMILES string of the molecule is CCOc1ccccc1C(=O)NCCC(C)Br. The molecule has 94 valence electrons. The quantitative estimate of drug-likeness (QED) is 0.820. The van der Waals surface area contributed by atoms with Crippen molar-refractivity contribution in [1.29, 1.82) is 0 Å². The van der Waals surface area contributed by atoms with Gasteiger partial charge in [0.1, 0.15) is 5.75 Å². The summed E-state index contributed by atoms with van der Waals surface area (Å²) < 4.78 is 5.42. The molecule has 1 N–H and O–H groups in total. The topological polar surface area (TPSA) is 38.3 Å². The first-order valence-electron chi connectivity index (χ1n) is 5.79. The third-order valence-electron chi connectivity index (χ3n) is 2.26. The van der Waals surface area contributed by atoms with E-state index in [-0.39, 0.29) is 5.91 Å². The summed E-state index contributed by atoms with van der Waals surface area (Å²) in [5.74, 6) is 0.557. The highest BCUT2D eigenvalue weighted by molar-refractivity contribution is 9.09. The molecule has 1 unspecified atom stereocenters. The number of carbonyl (C=O) groups is 1. The second-order valence-corrected chi connectivity index (χ2v) is 5.32. The standard InChI is InChI=1S/C13H18BrNO2/c1-3-17-12-7-5-4-6-11(12)13(16)15-9-8-10(2)14/h4-7,10H,3,8-9H2,1-2H3,(H,15,16). The lowest BCUT2D eigenvalue weighted by atomic mass is 10.2. The van der Waals surface area contributed by atoms with Crippen molar-refractivity contribution in [2.24, 2.45) is 0 Å². The van der Waals surface area contributed by atoms with Gasteiger partial charge in [0, 0.05) is 11.4 Å². The minimum atomic E-state index is -0.0813. The average molecular weight is 300 g/mol. The third-order valence-corrected chi connectivity index (χ3v) is 2.72. The molecule has 0 bridgehead atoms.